The van der Waals surface area contributed by atoms with Crippen LogP contribution in [0.25, 0.3) is 10.8 Å². The number of fused-ring (bicyclic) bond motifs is 1. The van der Waals surface area contributed by atoms with Crippen LogP contribution < -0.4 is 4.74 Å². The van der Waals surface area contributed by atoms with Gasteiger partial charge in [-0.3, -0.25) is 4.79 Å². The fourth-order valence-electron chi connectivity index (χ4n) is 2.77. The molecule has 0 amide bonds. The van der Waals surface area contributed by atoms with Crippen LogP contribution in [-0.4, -0.2) is 17.3 Å². The molecule has 0 aromatic heterocycles. The molecule has 0 saturated heterocycles. The van der Waals surface area contributed by atoms with Gasteiger partial charge in [0.1, 0.15) is 17.3 Å². The van der Waals surface area contributed by atoms with Crippen molar-refractivity contribution in [2.24, 2.45) is 0 Å². The summed E-state index contributed by atoms with van der Waals surface area (Å²) in [7, 11) is 0. The van der Waals surface area contributed by atoms with Gasteiger partial charge in [-0.05, 0) is 60.0 Å². The van der Waals surface area contributed by atoms with Crippen molar-refractivity contribution in [3.8, 4) is 11.5 Å². The van der Waals surface area contributed by atoms with Gasteiger partial charge in [0, 0.05) is 10.3 Å². The van der Waals surface area contributed by atoms with E-state index in [4.69, 9.17) is 21.4 Å². The zero-order chi connectivity index (χ0) is 18.8. The van der Waals surface area contributed by atoms with Crippen molar-refractivity contribution in [1.29, 1.82) is 0 Å². The molecule has 1 N–H and O–H groups in total. The molecule has 0 fully saturated rings. The molecule has 0 unspecified atom stereocenters. The molecule has 0 atom stereocenters. The molecule has 0 heterocycles. The van der Waals surface area contributed by atoms with Crippen LogP contribution in [0, 0.1) is 12.7 Å². The first-order valence-corrected chi connectivity index (χ1v) is 9.44. The number of rotatable bonds is 5. The van der Waals surface area contributed by atoms with Crippen molar-refractivity contribution in [2.75, 3.05) is 6.26 Å². The molecule has 134 valence electrons. The Morgan fingerprint density at radius 2 is 2.00 bits per heavy atom. The predicted octanol–water partition coefficient (Wildman–Crippen LogP) is 6.08. The minimum Gasteiger partial charge on any atom is -0.481 e. The summed E-state index contributed by atoms with van der Waals surface area (Å²) in [6, 6.07) is 11.5. The van der Waals surface area contributed by atoms with E-state index < -0.39 is 11.8 Å². The number of benzene rings is 3. The second-order valence-corrected chi connectivity index (χ2v) is 7.11. The number of carboxylic acids is 1. The first-order valence-electron chi connectivity index (χ1n) is 7.84. The molecule has 3 nitrogen and oxygen atoms in total. The third-order valence-electron chi connectivity index (χ3n) is 4.10. The maximum Gasteiger partial charge on any atom is 0.307 e. The van der Waals surface area contributed by atoms with Crippen molar-refractivity contribution in [3.63, 3.8) is 0 Å². The number of halogens is 2. The van der Waals surface area contributed by atoms with E-state index in [9.17, 15) is 9.18 Å². The molecule has 3 aromatic carbocycles. The predicted molar refractivity (Wildman–Crippen MR) is 103 cm³/mol. The van der Waals surface area contributed by atoms with Gasteiger partial charge in [0.15, 0.2) is 0 Å². The second kappa shape index (κ2) is 7.56. The molecule has 6 heteroatoms. The lowest BCUT2D eigenvalue weighted by molar-refractivity contribution is -0.136. The molecule has 0 bridgehead atoms. The van der Waals surface area contributed by atoms with Gasteiger partial charge < -0.3 is 9.84 Å². The Kier molecular flexibility index (Phi) is 5.39. The fraction of sp³-hybridized carbons (Fsp3) is 0.150. The van der Waals surface area contributed by atoms with E-state index in [1.54, 1.807) is 43.0 Å². The summed E-state index contributed by atoms with van der Waals surface area (Å²) in [4.78, 5) is 12.2. The number of hydrogen-bond acceptors (Lipinski definition) is 3. The first-order chi connectivity index (χ1) is 12.4. The molecular formula is C20H16ClFO3S. The standard InChI is InChI=1S/C20H16ClFO3S/c1-11-13(8-19(23)24)7-12-3-4-14(22)9-16(12)20(11)25-18-6-5-15(26-2)10-17(18)21/h3-7,9-10H,8H2,1-2H3,(H,23,24). The van der Waals surface area contributed by atoms with Crippen LogP contribution in [0.5, 0.6) is 11.5 Å². The molecular weight excluding hydrogens is 375 g/mol. The zero-order valence-electron chi connectivity index (χ0n) is 14.2. The maximum atomic E-state index is 13.8. The van der Waals surface area contributed by atoms with E-state index in [1.165, 1.54) is 12.1 Å². The van der Waals surface area contributed by atoms with E-state index >= 15 is 0 Å². The Morgan fingerprint density at radius 1 is 1.23 bits per heavy atom. The van der Waals surface area contributed by atoms with Crippen LogP contribution in [0.4, 0.5) is 4.39 Å². The smallest absolute Gasteiger partial charge is 0.307 e. The van der Waals surface area contributed by atoms with Crippen molar-refractivity contribution < 1.29 is 19.0 Å². The van der Waals surface area contributed by atoms with Crippen LogP contribution in [0.3, 0.4) is 0 Å². The molecule has 0 spiro atoms. The summed E-state index contributed by atoms with van der Waals surface area (Å²) in [5, 5.41) is 10.9. The Hall–Kier alpha value is -2.24. The highest BCUT2D eigenvalue weighted by molar-refractivity contribution is 7.98. The third kappa shape index (κ3) is 3.79. The summed E-state index contributed by atoms with van der Waals surface area (Å²) < 4.78 is 19.8. The molecule has 0 aliphatic rings. The topological polar surface area (TPSA) is 46.5 Å². The Labute approximate surface area is 159 Å². The zero-order valence-corrected chi connectivity index (χ0v) is 15.7. The highest BCUT2D eigenvalue weighted by Crippen LogP contribution is 2.39. The Morgan fingerprint density at radius 3 is 2.65 bits per heavy atom. The molecule has 0 aliphatic heterocycles. The molecule has 0 aliphatic carbocycles. The van der Waals surface area contributed by atoms with E-state index in [0.29, 0.717) is 38.4 Å². The van der Waals surface area contributed by atoms with Crippen molar-refractivity contribution in [3.05, 3.63) is 64.4 Å². The summed E-state index contributed by atoms with van der Waals surface area (Å²) in [6.07, 6.45) is 1.80. The van der Waals surface area contributed by atoms with E-state index in [-0.39, 0.29) is 6.42 Å². The lowest BCUT2D eigenvalue weighted by Crippen LogP contribution is -2.04. The summed E-state index contributed by atoms with van der Waals surface area (Å²) >= 11 is 7.87. The molecule has 0 radical (unpaired) electrons. The molecule has 0 saturated carbocycles. The fourth-order valence-corrected chi connectivity index (χ4v) is 3.50. The monoisotopic (exact) mass is 390 g/mol. The lowest BCUT2D eigenvalue weighted by Gasteiger charge is -2.16. The van der Waals surface area contributed by atoms with Crippen LogP contribution in [0.1, 0.15) is 11.1 Å². The summed E-state index contributed by atoms with van der Waals surface area (Å²) in [5.74, 6) is -0.484. The average molecular weight is 391 g/mol. The van der Waals surface area contributed by atoms with Crippen molar-refractivity contribution in [1.82, 2.24) is 0 Å². The number of aliphatic carboxylic acids is 1. The number of ether oxygens (including phenoxy) is 1. The SMILES string of the molecule is CSc1ccc(Oc2c(C)c(CC(=O)O)cc3ccc(F)cc23)c(Cl)c1. The Bertz CT molecular complexity index is 1000. The number of carboxylic acid groups (broad SMARTS) is 1. The van der Waals surface area contributed by atoms with E-state index in [2.05, 4.69) is 0 Å². The van der Waals surface area contributed by atoms with Crippen LogP contribution in [0.2, 0.25) is 5.02 Å². The lowest BCUT2D eigenvalue weighted by atomic mass is 9.98. The average Bonchev–Trinajstić information content (AvgIpc) is 2.60. The van der Waals surface area contributed by atoms with Crippen molar-refractivity contribution >= 4 is 40.1 Å². The van der Waals surface area contributed by atoms with Crippen LogP contribution >= 0.6 is 23.4 Å². The summed E-state index contributed by atoms with van der Waals surface area (Å²) in [5.41, 5.74) is 1.26. The van der Waals surface area contributed by atoms with Gasteiger partial charge in [-0.2, -0.15) is 0 Å². The van der Waals surface area contributed by atoms with Gasteiger partial charge in [-0.25, -0.2) is 4.39 Å². The first kappa shape index (κ1) is 18.5. The van der Waals surface area contributed by atoms with Crippen molar-refractivity contribution in [2.45, 2.75) is 18.2 Å². The van der Waals surface area contributed by atoms with E-state index in [1.807, 2.05) is 12.3 Å². The van der Waals surface area contributed by atoms with Gasteiger partial charge in [-0.1, -0.05) is 23.7 Å². The molecule has 3 rings (SSSR count). The largest absolute Gasteiger partial charge is 0.481 e. The van der Waals surface area contributed by atoms with Gasteiger partial charge in [0.05, 0.1) is 11.4 Å². The van der Waals surface area contributed by atoms with Gasteiger partial charge >= 0.3 is 5.97 Å². The molecule has 3 aromatic rings. The second-order valence-electron chi connectivity index (χ2n) is 5.82. The van der Waals surface area contributed by atoms with Crippen LogP contribution in [-0.2, 0) is 11.2 Å². The number of carbonyl (C=O) groups is 1. The van der Waals surface area contributed by atoms with Gasteiger partial charge in [0.2, 0.25) is 0 Å². The maximum absolute atomic E-state index is 13.8. The van der Waals surface area contributed by atoms with Gasteiger partial charge in [0.25, 0.3) is 0 Å². The molecule has 26 heavy (non-hydrogen) atoms. The highest BCUT2D eigenvalue weighted by atomic mass is 35.5. The number of thioether (sulfide) groups is 1. The Balaban J connectivity index is 2.17. The minimum absolute atomic E-state index is 0.144. The quantitative estimate of drug-likeness (QED) is 0.536. The van der Waals surface area contributed by atoms with Crippen LogP contribution in [0.15, 0.2) is 47.4 Å². The third-order valence-corrected chi connectivity index (χ3v) is 5.13. The summed E-state index contributed by atoms with van der Waals surface area (Å²) in [6.45, 7) is 1.77. The highest BCUT2D eigenvalue weighted by Gasteiger charge is 2.16. The van der Waals surface area contributed by atoms with E-state index in [0.717, 1.165) is 4.90 Å². The van der Waals surface area contributed by atoms with Gasteiger partial charge in [-0.15, -0.1) is 11.8 Å². The minimum atomic E-state index is -0.942. The normalized spacial score (nSPS) is 10.9. The number of hydrogen-bond donors (Lipinski definition) is 1.